The van der Waals surface area contributed by atoms with Crippen molar-refractivity contribution in [3.8, 4) is 0 Å². The molecule has 0 saturated carbocycles. The van der Waals surface area contributed by atoms with Gasteiger partial charge in [0, 0.05) is 23.8 Å². The number of rotatable bonds is 9. The second-order valence-corrected chi connectivity index (χ2v) is 6.78. The molecule has 0 bridgehead atoms. The molecule has 2 rings (SSSR count). The average molecular weight is 535 g/mol. The van der Waals surface area contributed by atoms with E-state index < -0.39 is 30.0 Å². The zero-order valence-corrected chi connectivity index (χ0v) is 20.1. The van der Waals surface area contributed by atoms with Gasteiger partial charge in [-0.15, -0.1) is 0 Å². The molecule has 0 aliphatic heterocycles. The van der Waals surface area contributed by atoms with Gasteiger partial charge in [-0.05, 0) is 37.3 Å². The van der Waals surface area contributed by atoms with E-state index in [1.165, 1.54) is 12.1 Å². The van der Waals surface area contributed by atoms with Crippen molar-refractivity contribution in [3.05, 3.63) is 78.1 Å². The fraction of sp³-hybridized carbons (Fsp3) is 0.125. The largest absolute Gasteiger partial charge is 0.545 e. The van der Waals surface area contributed by atoms with Gasteiger partial charge in [-0.1, -0.05) is 12.1 Å². The van der Waals surface area contributed by atoms with E-state index in [4.69, 9.17) is 14.9 Å². The van der Waals surface area contributed by atoms with Crippen LogP contribution in [-0.4, -0.2) is 46.8 Å². The highest BCUT2D eigenvalue weighted by Crippen LogP contribution is 2.19. The highest BCUT2D eigenvalue weighted by Gasteiger charge is 2.10. The lowest BCUT2D eigenvalue weighted by atomic mass is 10.2. The van der Waals surface area contributed by atoms with E-state index >= 15 is 0 Å². The van der Waals surface area contributed by atoms with Crippen LogP contribution in [0.2, 0.25) is 0 Å². The number of amides is 1. The van der Waals surface area contributed by atoms with Gasteiger partial charge in [0.25, 0.3) is 0 Å². The summed E-state index contributed by atoms with van der Waals surface area (Å²) in [6, 6.07) is 12.0. The number of halogens is 1. The number of carbonyl (C=O) groups excluding carboxylic acids is 3. The minimum absolute atomic E-state index is 0.238. The number of carboxylic acids is 4. The first-order valence-corrected chi connectivity index (χ1v) is 10.5. The Morgan fingerprint density at radius 1 is 0.947 bits per heavy atom. The van der Waals surface area contributed by atoms with Gasteiger partial charge in [-0.2, -0.15) is 0 Å². The molecule has 0 heterocycles. The number of hydrogen-bond acceptors (Lipinski definition) is 8. The zero-order valence-electron chi connectivity index (χ0n) is 20.1. The monoisotopic (exact) mass is 535 g/mol. The number of nitrogens with two attached hydrogens (primary N) is 1. The number of benzene rings is 2. The molecular formula is C24H26FN3O10. The summed E-state index contributed by atoms with van der Waals surface area (Å²) in [5.74, 6) is -5.85. The van der Waals surface area contributed by atoms with E-state index in [1.807, 2.05) is 17.4 Å². The van der Waals surface area contributed by atoms with Crippen LogP contribution in [0.15, 0.2) is 66.8 Å². The van der Waals surface area contributed by atoms with Crippen LogP contribution in [0.5, 0.6) is 0 Å². The number of carbonyl (C=O) groups is 5. The molecule has 0 aliphatic carbocycles. The molecule has 0 unspecified atom stereocenters. The summed E-state index contributed by atoms with van der Waals surface area (Å²) in [6.07, 6.45) is 1.39. The van der Waals surface area contributed by atoms with E-state index in [1.54, 1.807) is 25.1 Å². The van der Waals surface area contributed by atoms with Crippen molar-refractivity contribution in [1.29, 1.82) is 0 Å². The Morgan fingerprint density at radius 3 is 1.87 bits per heavy atom. The molecule has 0 radical (unpaired) electrons. The summed E-state index contributed by atoms with van der Waals surface area (Å²) in [5.41, 5.74) is 7.27. The van der Waals surface area contributed by atoms with Gasteiger partial charge < -0.3 is 45.8 Å². The highest BCUT2D eigenvalue weighted by atomic mass is 19.1. The fourth-order valence-corrected chi connectivity index (χ4v) is 2.27. The van der Waals surface area contributed by atoms with Gasteiger partial charge in [0.15, 0.2) is 5.69 Å². The van der Waals surface area contributed by atoms with E-state index in [-0.39, 0.29) is 5.82 Å². The Morgan fingerprint density at radius 2 is 1.47 bits per heavy atom. The van der Waals surface area contributed by atoms with Crippen LogP contribution in [-0.2, 0) is 30.5 Å². The summed E-state index contributed by atoms with van der Waals surface area (Å²) >= 11 is 0. The molecule has 0 saturated heterocycles. The number of nitrogens with one attached hydrogen (secondary N) is 1. The van der Waals surface area contributed by atoms with Gasteiger partial charge >= 0.3 is 18.0 Å². The number of carboxylic acid groups (broad SMARTS) is 4. The normalized spacial score (nSPS) is 9.97. The van der Waals surface area contributed by atoms with Gasteiger partial charge in [-0.3, -0.25) is 5.32 Å². The SMILES string of the molecule is CCOC(=O)Nc1ccc([NH2+]Cc2ccc(F)cc2)cc1[NH3+].O=C([O-])/C=C\C(=O)O.O=C([O-])/C=C\C(=O)O. The smallest absolute Gasteiger partial charge is 0.411 e. The summed E-state index contributed by atoms with van der Waals surface area (Å²) < 4.78 is 17.7. The Balaban J connectivity index is 0.000000705. The van der Waals surface area contributed by atoms with E-state index in [0.29, 0.717) is 48.8 Å². The Hall–Kier alpha value is -5.08. The zero-order chi connectivity index (χ0) is 29.1. The first-order chi connectivity index (χ1) is 17.8. The first kappa shape index (κ1) is 32.9. The van der Waals surface area contributed by atoms with Crippen molar-refractivity contribution in [2.75, 3.05) is 11.9 Å². The van der Waals surface area contributed by atoms with Crippen LogP contribution in [0.4, 0.5) is 26.2 Å². The Bertz CT molecular complexity index is 1100. The topological polar surface area (TPSA) is 237 Å². The van der Waals surface area contributed by atoms with Crippen LogP contribution >= 0.6 is 0 Å². The number of hydrogen-bond donors (Lipinski definition) is 5. The van der Waals surface area contributed by atoms with Crippen LogP contribution in [0.25, 0.3) is 0 Å². The Kier molecular flexibility index (Phi) is 15.8. The molecule has 0 aromatic heterocycles. The van der Waals surface area contributed by atoms with Crippen LogP contribution in [0.3, 0.4) is 0 Å². The fourth-order valence-electron chi connectivity index (χ4n) is 2.27. The first-order valence-electron chi connectivity index (χ1n) is 10.5. The molecule has 0 fully saturated rings. The van der Waals surface area contributed by atoms with Crippen molar-refractivity contribution < 1.29 is 64.6 Å². The molecule has 13 nitrogen and oxygen atoms in total. The lowest BCUT2D eigenvalue weighted by Crippen LogP contribution is -2.76. The van der Waals surface area contributed by atoms with Crippen molar-refractivity contribution in [2.24, 2.45) is 0 Å². The maximum absolute atomic E-state index is 12.8. The van der Waals surface area contributed by atoms with Crippen LogP contribution in [0.1, 0.15) is 12.5 Å². The number of quaternary nitrogens is 2. The van der Waals surface area contributed by atoms with Crippen LogP contribution < -0.4 is 26.6 Å². The molecular weight excluding hydrogens is 509 g/mol. The minimum atomic E-state index is -1.51. The van der Waals surface area contributed by atoms with Gasteiger partial charge in [0.1, 0.15) is 23.7 Å². The van der Waals surface area contributed by atoms with Crippen molar-refractivity contribution in [2.45, 2.75) is 13.5 Å². The van der Waals surface area contributed by atoms with Crippen molar-refractivity contribution in [3.63, 3.8) is 0 Å². The van der Waals surface area contributed by atoms with Crippen molar-refractivity contribution in [1.82, 2.24) is 0 Å². The third-order valence-electron chi connectivity index (χ3n) is 3.85. The van der Waals surface area contributed by atoms with Gasteiger partial charge in [0.2, 0.25) is 0 Å². The van der Waals surface area contributed by atoms with Crippen molar-refractivity contribution >= 4 is 47.0 Å². The number of aliphatic carboxylic acids is 4. The minimum Gasteiger partial charge on any atom is -0.545 e. The lowest BCUT2D eigenvalue weighted by molar-refractivity contribution is -0.588. The van der Waals surface area contributed by atoms with Gasteiger partial charge in [-0.25, -0.2) is 18.8 Å². The third kappa shape index (κ3) is 17.4. The van der Waals surface area contributed by atoms with E-state index in [2.05, 4.69) is 11.1 Å². The van der Waals surface area contributed by atoms with E-state index in [0.717, 1.165) is 11.3 Å². The maximum Gasteiger partial charge on any atom is 0.411 e. The molecule has 2 aromatic rings. The summed E-state index contributed by atoms with van der Waals surface area (Å²) in [5, 5.41) is 39.1. The predicted molar refractivity (Wildman–Crippen MR) is 125 cm³/mol. The highest BCUT2D eigenvalue weighted by molar-refractivity contribution is 5.89. The molecule has 38 heavy (non-hydrogen) atoms. The summed E-state index contributed by atoms with van der Waals surface area (Å²) in [7, 11) is 0. The molecule has 2 aromatic carbocycles. The molecule has 0 aliphatic rings. The molecule has 14 heteroatoms. The maximum atomic E-state index is 12.8. The lowest BCUT2D eigenvalue weighted by Gasteiger charge is -2.07. The van der Waals surface area contributed by atoms with Gasteiger partial charge in [0.05, 0.1) is 24.6 Å². The third-order valence-corrected chi connectivity index (χ3v) is 3.85. The molecule has 8 N–H and O–H groups in total. The van der Waals surface area contributed by atoms with Crippen LogP contribution in [0, 0.1) is 5.82 Å². The summed E-state index contributed by atoms with van der Waals surface area (Å²) in [4.78, 5) is 49.3. The average Bonchev–Trinajstić information content (AvgIpc) is 2.83. The standard InChI is InChI=1S/C16H18FN3O2.2C4H4O4/c1-2-22-16(21)20-15-8-7-13(9-14(15)18)19-10-11-3-5-12(17)6-4-11;2*5-3(6)1-2-4(7)8/h3-9,19H,2,10,18H2,1H3,(H,20,21);2*1-2H,(H,5,6)(H,7,8)/b;2*2-1-. The Labute approximate surface area is 215 Å². The number of anilines is 1. The second kappa shape index (κ2) is 18.2. The quantitative estimate of drug-likeness (QED) is 0.182. The number of ether oxygens (including phenoxy) is 1. The molecule has 0 spiro atoms. The second-order valence-electron chi connectivity index (χ2n) is 6.78. The molecule has 0 atom stereocenters. The predicted octanol–water partition coefficient (Wildman–Crippen LogP) is -1.58. The molecule has 1 amide bonds. The van der Waals surface area contributed by atoms with E-state index in [9.17, 15) is 38.6 Å². The summed E-state index contributed by atoms with van der Waals surface area (Å²) in [6.45, 7) is 2.77. The molecule has 204 valence electrons.